The van der Waals surface area contributed by atoms with E-state index in [1.807, 2.05) is 18.2 Å². The van der Waals surface area contributed by atoms with Gasteiger partial charge in [-0.3, -0.25) is 4.79 Å². The van der Waals surface area contributed by atoms with Crippen molar-refractivity contribution in [1.29, 1.82) is 0 Å². The van der Waals surface area contributed by atoms with Gasteiger partial charge in [0, 0.05) is 5.69 Å². The molecule has 0 heterocycles. The number of amides is 1. The molecule has 0 aromatic heterocycles. The molecule has 2 rings (SSSR count). The first-order valence-electron chi connectivity index (χ1n) is 7.34. The van der Waals surface area contributed by atoms with Crippen molar-refractivity contribution in [1.82, 2.24) is 0 Å². The maximum Gasteiger partial charge on any atom is 0.240 e. The Morgan fingerprint density at radius 1 is 1.00 bits per heavy atom. The molecule has 0 saturated heterocycles. The van der Waals surface area contributed by atoms with Gasteiger partial charge in [-0.2, -0.15) is 0 Å². The van der Waals surface area contributed by atoms with E-state index in [2.05, 4.69) is 41.7 Å². The molecule has 0 fully saturated rings. The normalized spacial score (nSPS) is 11.9. The molecule has 0 unspecified atom stereocenters. The highest BCUT2D eigenvalue weighted by molar-refractivity contribution is 5.94. The molecule has 2 aromatic carbocycles. The number of hydrogen-bond donors (Lipinski definition) is 2. The van der Waals surface area contributed by atoms with Crippen LogP contribution in [0.25, 0.3) is 0 Å². The molecule has 1 atom stereocenters. The van der Waals surface area contributed by atoms with Gasteiger partial charge < -0.3 is 11.1 Å². The van der Waals surface area contributed by atoms with Gasteiger partial charge in [-0.15, -0.1) is 0 Å². The summed E-state index contributed by atoms with van der Waals surface area (Å²) in [5.41, 5.74) is 8.97. The Bertz CT molecular complexity index is 562. The SMILES string of the molecule is C[C@H](N)C(=O)Nc1ccc(CCCc2ccccc2)cc1. The van der Waals surface area contributed by atoms with Gasteiger partial charge in [0.05, 0.1) is 6.04 Å². The molecular formula is C18H22N2O. The van der Waals surface area contributed by atoms with Crippen molar-refractivity contribution in [3.8, 4) is 0 Å². The molecule has 0 aliphatic carbocycles. The van der Waals surface area contributed by atoms with Crippen molar-refractivity contribution >= 4 is 11.6 Å². The van der Waals surface area contributed by atoms with Crippen LogP contribution in [-0.2, 0) is 17.6 Å². The Morgan fingerprint density at radius 2 is 1.57 bits per heavy atom. The maximum absolute atomic E-state index is 11.5. The molecular weight excluding hydrogens is 260 g/mol. The molecule has 2 aromatic rings. The third kappa shape index (κ3) is 5.04. The molecule has 0 aliphatic rings. The van der Waals surface area contributed by atoms with Crippen LogP contribution in [0.15, 0.2) is 54.6 Å². The molecule has 0 saturated carbocycles. The van der Waals surface area contributed by atoms with Crippen molar-refractivity contribution in [2.24, 2.45) is 5.73 Å². The van der Waals surface area contributed by atoms with E-state index < -0.39 is 6.04 Å². The molecule has 3 heteroatoms. The fourth-order valence-corrected chi connectivity index (χ4v) is 2.15. The largest absolute Gasteiger partial charge is 0.325 e. The molecule has 3 N–H and O–H groups in total. The number of nitrogens with one attached hydrogen (secondary N) is 1. The lowest BCUT2D eigenvalue weighted by atomic mass is 10.0. The number of carbonyl (C=O) groups excluding carboxylic acids is 1. The van der Waals surface area contributed by atoms with Gasteiger partial charge in [0.1, 0.15) is 0 Å². The summed E-state index contributed by atoms with van der Waals surface area (Å²) < 4.78 is 0. The van der Waals surface area contributed by atoms with Crippen LogP contribution in [-0.4, -0.2) is 11.9 Å². The molecule has 3 nitrogen and oxygen atoms in total. The van der Waals surface area contributed by atoms with Crippen LogP contribution in [0, 0.1) is 0 Å². The van der Waals surface area contributed by atoms with Gasteiger partial charge in [-0.1, -0.05) is 42.5 Å². The van der Waals surface area contributed by atoms with Gasteiger partial charge in [0.15, 0.2) is 0 Å². The van der Waals surface area contributed by atoms with Gasteiger partial charge in [0.25, 0.3) is 0 Å². The Hall–Kier alpha value is -2.13. The minimum Gasteiger partial charge on any atom is -0.325 e. The molecule has 0 radical (unpaired) electrons. The Kier molecular flexibility index (Phi) is 5.52. The first-order valence-corrected chi connectivity index (χ1v) is 7.34. The topological polar surface area (TPSA) is 55.1 Å². The molecule has 0 bridgehead atoms. The van der Waals surface area contributed by atoms with Crippen LogP contribution in [0.3, 0.4) is 0 Å². The standard InChI is InChI=1S/C18H22N2O/c1-14(19)18(21)20-17-12-10-16(11-13-17)9-5-8-15-6-3-2-4-7-15/h2-4,6-7,10-14H,5,8-9,19H2,1H3,(H,20,21)/t14-/m0/s1. The third-order valence-electron chi connectivity index (χ3n) is 3.41. The second-order valence-corrected chi connectivity index (χ2v) is 5.31. The molecule has 0 spiro atoms. The minimum atomic E-state index is -0.490. The zero-order valence-electron chi connectivity index (χ0n) is 12.4. The number of rotatable bonds is 6. The van der Waals surface area contributed by atoms with Crippen molar-refractivity contribution in [2.75, 3.05) is 5.32 Å². The summed E-state index contributed by atoms with van der Waals surface area (Å²) in [6, 6.07) is 18.0. The van der Waals surface area contributed by atoms with Crippen LogP contribution >= 0.6 is 0 Å². The Labute approximate surface area is 126 Å². The van der Waals surface area contributed by atoms with Crippen molar-refractivity contribution < 1.29 is 4.79 Å². The van der Waals surface area contributed by atoms with E-state index in [9.17, 15) is 4.79 Å². The van der Waals surface area contributed by atoms with Gasteiger partial charge in [-0.25, -0.2) is 0 Å². The third-order valence-corrected chi connectivity index (χ3v) is 3.41. The van der Waals surface area contributed by atoms with Gasteiger partial charge >= 0.3 is 0 Å². The summed E-state index contributed by atoms with van der Waals surface area (Å²) in [5, 5.41) is 2.79. The smallest absolute Gasteiger partial charge is 0.240 e. The highest BCUT2D eigenvalue weighted by Gasteiger charge is 2.06. The summed E-state index contributed by atoms with van der Waals surface area (Å²) >= 11 is 0. The summed E-state index contributed by atoms with van der Waals surface area (Å²) in [6.07, 6.45) is 3.25. The molecule has 110 valence electrons. The Morgan fingerprint density at radius 3 is 2.14 bits per heavy atom. The highest BCUT2D eigenvalue weighted by Crippen LogP contribution is 2.13. The van der Waals surface area contributed by atoms with E-state index in [1.165, 1.54) is 11.1 Å². The number of nitrogens with two attached hydrogens (primary N) is 1. The monoisotopic (exact) mass is 282 g/mol. The molecule has 0 aliphatic heterocycles. The average Bonchev–Trinajstić information content (AvgIpc) is 2.50. The second kappa shape index (κ2) is 7.60. The lowest BCUT2D eigenvalue weighted by molar-refractivity contribution is -0.117. The van der Waals surface area contributed by atoms with Crippen molar-refractivity contribution in [3.05, 3.63) is 65.7 Å². The summed E-state index contributed by atoms with van der Waals surface area (Å²) in [7, 11) is 0. The fourth-order valence-electron chi connectivity index (χ4n) is 2.15. The zero-order chi connectivity index (χ0) is 15.1. The van der Waals surface area contributed by atoms with E-state index in [1.54, 1.807) is 6.92 Å². The summed E-state index contributed by atoms with van der Waals surface area (Å²) in [6.45, 7) is 1.67. The average molecular weight is 282 g/mol. The number of anilines is 1. The fraction of sp³-hybridized carbons (Fsp3) is 0.278. The molecule has 1 amide bonds. The van der Waals surface area contributed by atoms with E-state index >= 15 is 0 Å². The van der Waals surface area contributed by atoms with Crippen LogP contribution in [0.4, 0.5) is 5.69 Å². The summed E-state index contributed by atoms with van der Waals surface area (Å²) in [5.74, 6) is -0.160. The lowest BCUT2D eigenvalue weighted by Gasteiger charge is -2.08. The number of carbonyl (C=O) groups is 1. The number of benzene rings is 2. The van der Waals surface area contributed by atoms with Crippen LogP contribution < -0.4 is 11.1 Å². The minimum absolute atomic E-state index is 0.160. The van der Waals surface area contributed by atoms with E-state index in [4.69, 9.17) is 5.73 Å². The quantitative estimate of drug-likeness (QED) is 0.855. The van der Waals surface area contributed by atoms with Crippen molar-refractivity contribution in [3.63, 3.8) is 0 Å². The first kappa shape index (κ1) is 15.3. The van der Waals surface area contributed by atoms with E-state index in [0.29, 0.717) is 0 Å². The van der Waals surface area contributed by atoms with Crippen LogP contribution in [0.1, 0.15) is 24.5 Å². The summed E-state index contributed by atoms with van der Waals surface area (Å²) in [4.78, 5) is 11.5. The van der Waals surface area contributed by atoms with Crippen LogP contribution in [0.2, 0.25) is 0 Å². The maximum atomic E-state index is 11.5. The second-order valence-electron chi connectivity index (χ2n) is 5.31. The van der Waals surface area contributed by atoms with Crippen molar-refractivity contribution in [2.45, 2.75) is 32.2 Å². The highest BCUT2D eigenvalue weighted by atomic mass is 16.2. The zero-order valence-corrected chi connectivity index (χ0v) is 12.4. The Balaban J connectivity index is 1.81. The van der Waals surface area contributed by atoms with Crippen LogP contribution in [0.5, 0.6) is 0 Å². The van der Waals surface area contributed by atoms with Gasteiger partial charge in [-0.05, 0) is 49.4 Å². The predicted molar refractivity (Wildman–Crippen MR) is 87.2 cm³/mol. The van der Waals surface area contributed by atoms with Gasteiger partial charge in [0.2, 0.25) is 5.91 Å². The molecule has 21 heavy (non-hydrogen) atoms. The van der Waals surface area contributed by atoms with E-state index in [-0.39, 0.29) is 5.91 Å². The lowest BCUT2D eigenvalue weighted by Crippen LogP contribution is -2.32. The first-order chi connectivity index (χ1) is 10.1. The number of aryl methyl sites for hydroxylation is 2. The van der Waals surface area contributed by atoms with E-state index in [0.717, 1.165) is 24.9 Å². The predicted octanol–water partition coefficient (Wildman–Crippen LogP) is 3.15. The number of hydrogen-bond acceptors (Lipinski definition) is 2.